The van der Waals surface area contributed by atoms with Crippen molar-refractivity contribution in [3.05, 3.63) is 33.9 Å². The number of rotatable bonds is 6. The highest BCUT2D eigenvalue weighted by Gasteiger charge is 2.40. The van der Waals surface area contributed by atoms with Crippen LogP contribution in [0.3, 0.4) is 0 Å². The number of primary amides is 1. The van der Waals surface area contributed by atoms with Crippen LogP contribution in [0, 0.1) is 15.5 Å². The fourth-order valence-corrected chi connectivity index (χ4v) is 1.67. The summed E-state index contributed by atoms with van der Waals surface area (Å²) in [5.74, 6) is -2.18. The summed E-state index contributed by atoms with van der Waals surface area (Å²) in [5, 5.41) is 19.9. The summed E-state index contributed by atoms with van der Waals surface area (Å²) in [4.78, 5) is 32.7. The normalized spacial score (nSPS) is 13.3. The summed E-state index contributed by atoms with van der Waals surface area (Å²) in [6.07, 6.45) is -0.303. The molecular formula is C12H14N2O6. The highest BCUT2D eigenvalue weighted by molar-refractivity contribution is 6.01. The lowest BCUT2D eigenvalue weighted by Crippen LogP contribution is -2.43. The van der Waals surface area contributed by atoms with E-state index in [1.807, 2.05) is 0 Å². The number of carboxylic acids is 1. The number of hydrogen-bond donors (Lipinski definition) is 2. The number of non-ortho nitro benzene ring substituents is 1. The van der Waals surface area contributed by atoms with Crippen LogP contribution in [0.25, 0.3) is 0 Å². The predicted octanol–water partition coefficient (Wildman–Crippen LogP) is 0.722. The molecule has 0 heterocycles. The van der Waals surface area contributed by atoms with Gasteiger partial charge in [0.25, 0.3) is 5.69 Å². The van der Waals surface area contributed by atoms with E-state index in [2.05, 4.69) is 0 Å². The van der Waals surface area contributed by atoms with Gasteiger partial charge in [-0.1, -0.05) is 0 Å². The minimum Gasteiger partial charge on any atom is -0.496 e. The number of nitro benzene ring substituents is 1. The number of benzene rings is 1. The molecular weight excluding hydrogens is 268 g/mol. The largest absolute Gasteiger partial charge is 0.496 e. The van der Waals surface area contributed by atoms with Crippen molar-refractivity contribution in [3.63, 3.8) is 0 Å². The van der Waals surface area contributed by atoms with Crippen molar-refractivity contribution in [2.45, 2.75) is 13.3 Å². The molecule has 1 atom stereocenters. The molecule has 1 aromatic carbocycles. The van der Waals surface area contributed by atoms with Crippen molar-refractivity contribution in [2.75, 3.05) is 7.11 Å². The lowest BCUT2D eigenvalue weighted by atomic mass is 9.82. The number of carboxylic acid groups (broad SMARTS) is 1. The van der Waals surface area contributed by atoms with E-state index in [-0.39, 0.29) is 23.4 Å². The Morgan fingerprint density at radius 3 is 2.50 bits per heavy atom. The van der Waals surface area contributed by atoms with Gasteiger partial charge in [0.05, 0.1) is 12.0 Å². The van der Waals surface area contributed by atoms with E-state index >= 15 is 0 Å². The minimum absolute atomic E-state index is 0.224. The zero-order chi connectivity index (χ0) is 15.5. The quantitative estimate of drug-likeness (QED) is 0.448. The van der Waals surface area contributed by atoms with Gasteiger partial charge in [-0.25, -0.2) is 0 Å². The second-order valence-corrected chi connectivity index (χ2v) is 4.43. The first-order chi connectivity index (χ1) is 9.22. The van der Waals surface area contributed by atoms with Crippen LogP contribution in [0.4, 0.5) is 5.69 Å². The fraction of sp³-hybridized carbons (Fsp3) is 0.333. The van der Waals surface area contributed by atoms with Gasteiger partial charge in [0.2, 0.25) is 5.91 Å². The van der Waals surface area contributed by atoms with Crippen LogP contribution < -0.4 is 10.5 Å². The first-order valence-electron chi connectivity index (χ1n) is 5.57. The molecule has 0 bridgehead atoms. The van der Waals surface area contributed by atoms with Crippen molar-refractivity contribution in [1.82, 2.24) is 0 Å². The van der Waals surface area contributed by atoms with Gasteiger partial charge in [0.1, 0.15) is 11.2 Å². The Labute approximate surface area is 114 Å². The van der Waals surface area contributed by atoms with Gasteiger partial charge in [-0.05, 0) is 13.0 Å². The van der Waals surface area contributed by atoms with Crippen molar-refractivity contribution in [2.24, 2.45) is 11.1 Å². The van der Waals surface area contributed by atoms with Crippen LogP contribution in [-0.4, -0.2) is 29.0 Å². The van der Waals surface area contributed by atoms with Gasteiger partial charge in [0, 0.05) is 24.1 Å². The highest BCUT2D eigenvalue weighted by Crippen LogP contribution is 2.31. The molecule has 0 spiro atoms. The predicted molar refractivity (Wildman–Crippen MR) is 68.3 cm³/mol. The second-order valence-electron chi connectivity index (χ2n) is 4.43. The van der Waals surface area contributed by atoms with E-state index < -0.39 is 22.2 Å². The number of carbonyl (C=O) groups is 2. The Kier molecular flexibility index (Phi) is 4.28. The molecule has 8 nitrogen and oxygen atoms in total. The molecule has 8 heteroatoms. The maximum absolute atomic E-state index is 11.4. The zero-order valence-corrected chi connectivity index (χ0v) is 11.0. The maximum atomic E-state index is 11.4. The molecule has 0 aliphatic heterocycles. The molecule has 0 radical (unpaired) electrons. The molecule has 1 amide bonds. The zero-order valence-electron chi connectivity index (χ0n) is 11.0. The number of aliphatic carboxylic acids is 1. The van der Waals surface area contributed by atoms with Gasteiger partial charge in [-0.2, -0.15) is 0 Å². The highest BCUT2D eigenvalue weighted by atomic mass is 16.6. The van der Waals surface area contributed by atoms with Crippen molar-refractivity contribution in [1.29, 1.82) is 0 Å². The summed E-state index contributed by atoms with van der Waals surface area (Å²) in [6, 6.07) is 3.74. The third-order valence-electron chi connectivity index (χ3n) is 3.03. The molecule has 0 fully saturated rings. The summed E-state index contributed by atoms with van der Waals surface area (Å²) in [6.45, 7) is 1.16. The van der Waals surface area contributed by atoms with E-state index in [1.165, 1.54) is 25.3 Å². The number of carbonyl (C=O) groups excluding carboxylic acids is 1. The van der Waals surface area contributed by atoms with Crippen molar-refractivity contribution in [3.8, 4) is 5.75 Å². The van der Waals surface area contributed by atoms with E-state index in [0.29, 0.717) is 0 Å². The molecule has 0 saturated heterocycles. The first-order valence-corrected chi connectivity index (χ1v) is 5.57. The third kappa shape index (κ3) is 2.85. The number of nitrogens with two attached hydrogens (primary N) is 1. The Bertz CT molecular complexity index is 555. The number of nitrogens with zero attached hydrogens (tertiary/aromatic N) is 1. The van der Waals surface area contributed by atoms with Gasteiger partial charge in [0.15, 0.2) is 0 Å². The summed E-state index contributed by atoms with van der Waals surface area (Å²) >= 11 is 0. The monoisotopic (exact) mass is 282 g/mol. The topological polar surface area (TPSA) is 133 Å². The van der Waals surface area contributed by atoms with Gasteiger partial charge < -0.3 is 15.6 Å². The van der Waals surface area contributed by atoms with Gasteiger partial charge in [-0.15, -0.1) is 0 Å². The molecule has 0 aliphatic rings. The summed E-state index contributed by atoms with van der Waals surface area (Å²) < 4.78 is 5.02. The van der Waals surface area contributed by atoms with Crippen molar-refractivity contribution >= 4 is 17.6 Å². The second kappa shape index (κ2) is 5.55. The Morgan fingerprint density at radius 2 is 2.10 bits per heavy atom. The van der Waals surface area contributed by atoms with Crippen LogP contribution in [0.15, 0.2) is 18.2 Å². The molecule has 1 aromatic rings. The van der Waals surface area contributed by atoms with E-state index in [1.54, 1.807) is 0 Å². The minimum atomic E-state index is -1.87. The number of ether oxygens (including phenoxy) is 1. The molecule has 20 heavy (non-hydrogen) atoms. The lowest BCUT2D eigenvalue weighted by molar-refractivity contribution is -0.384. The maximum Gasteiger partial charge on any atom is 0.319 e. The molecule has 1 unspecified atom stereocenters. The summed E-state index contributed by atoms with van der Waals surface area (Å²) in [5.41, 5.74) is 3.25. The lowest BCUT2D eigenvalue weighted by Gasteiger charge is -2.21. The number of hydrogen-bond acceptors (Lipinski definition) is 5. The molecule has 0 saturated carbocycles. The molecule has 0 aromatic heterocycles. The van der Waals surface area contributed by atoms with E-state index in [4.69, 9.17) is 15.6 Å². The average Bonchev–Trinajstić information content (AvgIpc) is 2.37. The Hall–Kier alpha value is -2.64. The first kappa shape index (κ1) is 15.4. The third-order valence-corrected chi connectivity index (χ3v) is 3.03. The van der Waals surface area contributed by atoms with Crippen LogP contribution in [0.2, 0.25) is 0 Å². The van der Waals surface area contributed by atoms with Crippen LogP contribution >= 0.6 is 0 Å². The van der Waals surface area contributed by atoms with Crippen LogP contribution in [0.1, 0.15) is 12.5 Å². The standard InChI is InChI=1S/C12H14N2O6/c1-12(10(13)15,11(16)17)6-7-5-8(14(18)19)3-4-9(7)20-2/h3-5H,6H2,1-2H3,(H2,13,15)(H,16,17). The Balaban J connectivity index is 3.30. The van der Waals surface area contributed by atoms with Crippen LogP contribution in [-0.2, 0) is 16.0 Å². The molecule has 0 aliphatic carbocycles. The smallest absolute Gasteiger partial charge is 0.319 e. The fourth-order valence-electron chi connectivity index (χ4n) is 1.67. The Morgan fingerprint density at radius 1 is 1.50 bits per heavy atom. The number of amides is 1. The average molecular weight is 282 g/mol. The van der Waals surface area contributed by atoms with Gasteiger partial charge in [-0.3, -0.25) is 19.7 Å². The van der Waals surface area contributed by atoms with Gasteiger partial charge >= 0.3 is 5.97 Å². The molecule has 1 rings (SSSR count). The van der Waals surface area contributed by atoms with E-state index in [0.717, 1.165) is 6.92 Å². The number of methoxy groups -OCH3 is 1. The SMILES string of the molecule is COc1ccc([N+](=O)[O-])cc1CC(C)(C(N)=O)C(=O)O. The van der Waals surface area contributed by atoms with E-state index in [9.17, 15) is 19.7 Å². The molecule has 108 valence electrons. The summed E-state index contributed by atoms with van der Waals surface area (Å²) in [7, 11) is 1.34. The van der Waals surface area contributed by atoms with Crippen LogP contribution in [0.5, 0.6) is 5.75 Å². The molecule has 3 N–H and O–H groups in total. The number of nitro groups is 1. The van der Waals surface area contributed by atoms with Crippen molar-refractivity contribution < 1.29 is 24.4 Å².